The van der Waals surface area contributed by atoms with Crippen LogP contribution in [0.5, 0.6) is 0 Å². The van der Waals surface area contributed by atoms with Crippen molar-refractivity contribution in [3.05, 3.63) is 86.3 Å². The minimum atomic E-state index is -3.99. The molecule has 0 aliphatic carbocycles. The normalized spacial score (nSPS) is 11.2. The quantitative estimate of drug-likeness (QED) is 0.431. The molecule has 0 atom stereocenters. The molecule has 1 amide bonds. The molecular weight excluding hydrogens is 499 g/mol. The molecule has 3 rings (SSSR count). The van der Waals surface area contributed by atoms with Crippen LogP contribution in [0.2, 0.25) is 10.0 Å². The van der Waals surface area contributed by atoms with E-state index in [0.717, 1.165) is 5.56 Å². The first kappa shape index (κ1) is 21.6. The monoisotopic (exact) mass is 512 g/mol. The molecule has 0 bridgehead atoms. The van der Waals surface area contributed by atoms with Crippen LogP contribution in [0.15, 0.2) is 70.0 Å². The Hall–Kier alpha value is -2.06. The highest BCUT2D eigenvalue weighted by Crippen LogP contribution is 2.28. The van der Waals surface area contributed by atoms with Crippen molar-refractivity contribution in [2.75, 3.05) is 10.0 Å². The molecule has 0 aliphatic heterocycles. The van der Waals surface area contributed by atoms with E-state index in [4.69, 9.17) is 23.2 Å². The summed E-state index contributed by atoms with van der Waals surface area (Å²) in [5, 5.41) is 3.12. The van der Waals surface area contributed by atoms with Crippen molar-refractivity contribution in [1.29, 1.82) is 0 Å². The smallest absolute Gasteiger partial charge is 0.263 e. The van der Waals surface area contributed by atoms with Crippen molar-refractivity contribution in [2.24, 2.45) is 0 Å². The van der Waals surface area contributed by atoms with E-state index in [2.05, 4.69) is 26.0 Å². The molecule has 0 aromatic heterocycles. The van der Waals surface area contributed by atoms with Crippen LogP contribution < -0.4 is 10.0 Å². The summed E-state index contributed by atoms with van der Waals surface area (Å²) in [6.45, 7) is 1.85. The van der Waals surface area contributed by atoms with E-state index in [9.17, 15) is 13.2 Å². The first-order valence-electron chi connectivity index (χ1n) is 8.31. The first-order chi connectivity index (χ1) is 13.7. The highest BCUT2D eigenvalue weighted by atomic mass is 79.9. The van der Waals surface area contributed by atoms with Crippen LogP contribution in [0, 0.1) is 6.92 Å². The number of benzene rings is 3. The van der Waals surface area contributed by atoms with Gasteiger partial charge in [-0.3, -0.25) is 9.52 Å². The zero-order valence-corrected chi connectivity index (χ0v) is 19.0. The van der Waals surface area contributed by atoms with E-state index in [0.29, 0.717) is 20.9 Å². The van der Waals surface area contributed by atoms with Crippen LogP contribution in [0.25, 0.3) is 0 Å². The summed E-state index contributed by atoms with van der Waals surface area (Å²) in [5.41, 5.74) is 1.91. The standard InChI is InChI=1S/C20H15BrCl2N2O3S/c1-12-3-2-4-15(9-12)25-29(27,28)19-10-13(5-8-17(19)22)20(26)24-14-6-7-16(21)18(23)11-14/h2-11,25H,1H3,(H,24,26). The molecule has 29 heavy (non-hydrogen) atoms. The molecule has 0 spiro atoms. The number of halogens is 3. The summed E-state index contributed by atoms with van der Waals surface area (Å²) in [6.07, 6.45) is 0. The Balaban J connectivity index is 1.88. The van der Waals surface area contributed by atoms with Gasteiger partial charge in [-0.2, -0.15) is 0 Å². The summed E-state index contributed by atoms with van der Waals surface area (Å²) in [7, 11) is -3.99. The Morgan fingerprint density at radius 1 is 0.931 bits per heavy atom. The second kappa shape index (κ2) is 8.75. The van der Waals surface area contributed by atoms with Crippen molar-refractivity contribution < 1.29 is 13.2 Å². The van der Waals surface area contributed by atoms with Crippen molar-refractivity contribution in [3.63, 3.8) is 0 Å². The lowest BCUT2D eigenvalue weighted by molar-refractivity contribution is 0.102. The lowest BCUT2D eigenvalue weighted by Gasteiger charge is -2.12. The van der Waals surface area contributed by atoms with E-state index in [1.165, 1.54) is 18.2 Å². The topological polar surface area (TPSA) is 75.3 Å². The van der Waals surface area contributed by atoms with Crippen molar-refractivity contribution in [2.45, 2.75) is 11.8 Å². The van der Waals surface area contributed by atoms with Crippen LogP contribution in [-0.2, 0) is 10.0 Å². The molecule has 0 aliphatic rings. The zero-order chi connectivity index (χ0) is 21.2. The maximum Gasteiger partial charge on any atom is 0.263 e. The Kier molecular flexibility index (Phi) is 6.53. The molecule has 5 nitrogen and oxygen atoms in total. The third-order valence-corrected chi connectivity index (χ3v) is 7.03. The van der Waals surface area contributed by atoms with Gasteiger partial charge in [-0.1, -0.05) is 35.3 Å². The maximum atomic E-state index is 12.8. The number of amides is 1. The average molecular weight is 514 g/mol. The zero-order valence-electron chi connectivity index (χ0n) is 15.0. The van der Waals surface area contributed by atoms with Gasteiger partial charge >= 0.3 is 0 Å². The minimum absolute atomic E-state index is 0.00777. The average Bonchev–Trinajstić information content (AvgIpc) is 2.64. The number of carbonyl (C=O) groups excluding carboxylic acids is 1. The second-order valence-corrected chi connectivity index (χ2v) is 9.52. The molecule has 0 saturated carbocycles. The Labute approximate surface area is 187 Å². The fourth-order valence-corrected chi connectivity index (χ4v) is 4.55. The van der Waals surface area contributed by atoms with Crippen LogP contribution in [0.1, 0.15) is 15.9 Å². The van der Waals surface area contributed by atoms with E-state index in [1.807, 2.05) is 13.0 Å². The van der Waals surface area contributed by atoms with Gasteiger partial charge in [0.2, 0.25) is 0 Å². The fraction of sp³-hybridized carbons (Fsp3) is 0.0500. The van der Waals surface area contributed by atoms with Gasteiger partial charge in [0, 0.05) is 21.4 Å². The predicted octanol–water partition coefficient (Wildman–Crippen LogP) is 6.12. The number of hydrogen-bond donors (Lipinski definition) is 2. The summed E-state index contributed by atoms with van der Waals surface area (Å²) in [5.74, 6) is -0.493. The lowest BCUT2D eigenvalue weighted by Crippen LogP contribution is -2.16. The number of carbonyl (C=O) groups is 1. The predicted molar refractivity (Wildman–Crippen MR) is 121 cm³/mol. The van der Waals surface area contributed by atoms with Crippen molar-refractivity contribution >= 4 is 66.4 Å². The van der Waals surface area contributed by atoms with Crippen molar-refractivity contribution in [3.8, 4) is 0 Å². The van der Waals surface area contributed by atoms with Gasteiger partial charge < -0.3 is 5.32 Å². The number of anilines is 2. The van der Waals surface area contributed by atoms with Crippen LogP contribution in [0.4, 0.5) is 11.4 Å². The largest absolute Gasteiger partial charge is 0.322 e. The number of rotatable bonds is 5. The van der Waals surface area contributed by atoms with Gasteiger partial charge in [0.25, 0.3) is 15.9 Å². The van der Waals surface area contributed by atoms with Gasteiger partial charge in [-0.05, 0) is 76.9 Å². The van der Waals surface area contributed by atoms with Crippen molar-refractivity contribution in [1.82, 2.24) is 0 Å². The molecule has 2 N–H and O–H groups in total. The van der Waals surface area contributed by atoms with Gasteiger partial charge in [-0.25, -0.2) is 8.42 Å². The third-order valence-electron chi connectivity index (χ3n) is 3.93. The van der Waals surface area contributed by atoms with E-state index in [-0.39, 0.29) is 15.5 Å². The Bertz CT molecular complexity index is 1200. The van der Waals surface area contributed by atoms with Crippen LogP contribution in [0.3, 0.4) is 0 Å². The van der Waals surface area contributed by atoms with Gasteiger partial charge in [0.05, 0.1) is 10.0 Å². The van der Waals surface area contributed by atoms with Gasteiger partial charge in [0.15, 0.2) is 0 Å². The summed E-state index contributed by atoms with van der Waals surface area (Å²) in [6, 6.07) is 15.9. The molecule has 0 fully saturated rings. The van der Waals surface area contributed by atoms with E-state index in [1.54, 1.807) is 36.4 Å². The minimum Gasteiger partial charge on any atom is -0.322 e. The first-order valence-corrected chi connectivity index (χ1v) is 11.3. The highest BCUT2D eigenvalue weighted by Gasteiger charge is 2.21. The SMILES string of the molecule is Cc1cccc(NS(=O)(=O)c2cc(C(=O)Nc3ccc(Br)c(Cl)c3)ccc2Cl)c1. The molecule has 3 aromatic carbocycles. The summed E-state index contributed by atoms with van der Waals surface area (Å²) >= 11 is 15.4. The molecule has 150 valence electrons. The Morgan fingerprint density at radius 3 is 2.38 bits per heavy atom. The van der Waals surface area contributed by atoms with Crippen LogP contribution in [-0.4, -0.2) is 14.3 Å². The van der Waals surface area contributed by atoms with E-state index >= 15 is 0 Å². The summed E-state index contributed by atoms with van der Waals surface area (Å²) in [4.78, 5) is 12.4. The fourth-order valence-electron chi connectivity index (χ4n) is 2.55. The Morgan fingerprint density at radius 2 is 1.69 bits per heavy atom. The third kappa shape index (κ3) is 5.30. The molecular formula is C20H15BrCl2N2O3S. The maximum absolute atomic E-state index is 12.8. The number of hydrogen-bond acceptors (Lipinski definition) is 3. The molecule has 3 aromatic rings. The van der Waals surface area contributed by atoms with Gasteiger partial charge in [0.1, 0.15) is 4.90 Å². The second-order valence-electron chi connectivity index (χ2n) is 6.20. The molecule has 9 heteroatoms. The molecule has 0 radical (unpaired) electrons. The van der Waals surface area contributed by atoms with Crippen LogP contribution >= 0.6 is 39.1 Å². The molecule has 0 heterocycles. The lowest BCUT2D eigenvalue weighted by atomic mass is 10.2. The highest BCUT2D eigenvalue weighted by molar-refractivity contribution is 9.10. The summed E-state index contributed by atoms with van der Waals surface area (Å²) < 4.78 is 28.8. The number of nitrogens with one attached hydrogen (secondary N) is 2. The molecule has 0 saturated heterocycles. The van der Waals surface area contributed by atoms with Gasteiger partial charge in [-0.15, -0.1) is 0 Å². The number of sulfonamides is 1. The molecule has 0 unspecified atom stereocenters. The van der Waals surface area contributed by atoms with E-state index < -0.39 is 15.9 Å². The number of aryl methyl sites for hydroxylation is 1.